The van der Waals surface area contributed by atoms with Crippen LogP contribution in [0.5, 0.6) is 11.5 Å². The van der Waals surface area contributed by atoms with E-state index in [1.54, 1.807) is 6.07 Å². The number of esters is 1. The quantitative estimate of drug-likeness (QED) is 0.822. The molecule has 6 nitrogen and oxygen atoms in total. The Morgan fingerprint density at radius 1 is 1.33 bits per heavy atom. The zero-order valence-electron chi connectivity index (χ0n) is 12.4. The maximum atomic E-state index is 11.5. The molecule has 2 rings (SSSR count). The largest absolute Gasteiger partial charge is 0.483 e. The lowest BCUT2D eigenvalue weighted by Crippen LogP contribution is -2.27. The molecule has 1 aromatic carbocycles. The lowest BCUT2D eigenvalue weighted by molar-refractivity contribution is -0.150. The summed E-state index contributed by atoms with van der Waals surface area (Å²) >= 11 is 0. The topological polar surface area (TPSA) is 73.9 Å². The maximum Gasteiger partial charge on any atom is 0.344 e. The van der Waals surface area contributed by atoms with Crippen molar-refractivity contribution in [3.05, 3.63) is 23.8 Å². The van der Waals surface area contributed by atoms with Crippen molar-refractivity contribution in [2.45, 2.75) is 25.9 Å². The van der Waals surface area contributed by atoms with Crippen LogP contribution in [0, 0.1) is 0 Å². The van der Waals surface area contributed by atoms with E-state index in [0.29, 0.717) is 11.5 Å². The van der Waals surface area contributed by atoms with E-state index in [9.17, 15) is 9.59 Å². The molecule has 0 fully saturated rings. The average molecular weight is 293 g/mol. The molecule has 1 aliphatic rings. The first-order valence-corrected chi connectivity index (χ1v) is 6.71. The Morgan fingerprint density at radius 2 is 2.10 bits per heavy atom. The van der Waals surface area contributed by atoms with E-state index in [4.69, 9.17) is 14.2 Å². The Labute approximate surface area is 123 Å². The number of amides is 1. The zero-order valence-corrected chi connectivity index (χ0v) is 12.4. The van der Waals surface area contributed by atoms with Crippen LogP contribution < -0.4 is 14.8 Å². The molecular weight excluding hydrogens is 274 g/mol. The number of ether oxygens (including phenoxy) is 3. The third-order valence-corrected chi connectivity index (χ3v) is 3.04. The van der Waals surface area contributed by atoms with E-state index >= 15 is 0 Å². The highest BCUT2D eigenvalue weighted by Crippen LogP contribution is 2.41. The molecule has 21 heavy (non-hydrogen) atoms. The van der Waals surface area contributed by atoms with Gasteiger partial charge in [0.1, 0.15) is 5.60 Å². The number of hydrogen-bond donors (Lipinski definition) is 1. The third kappa shape index (κ3) is 3.87. The third-order valence-electron chi connectivity index (χ3n) is 3.04. The average Bonchev–Trinajstić information content (AvgIpc) is 2.76. The van der Waals surface area contributed by atoms with Gasteiger partial charge in [-0.25, -0.2) is 4.79 Å². The minimum absolute atomic E-state index is 0.267. The van der Waals surface area contributed by atoms with Gasteiger partial charge in [-0.15, -0.1) is 0 Å². The summed E-state index contributed by atoms with van der Waals surface area (Å²) in [6, 6.07) is 5.57. The Balaban J connectivity index is 1.92. The number of fused-ring (bicyclic) bond motifs is 1. The van der Waals surface area contributed by atoms with Crippen LogP contribution in [0.1, 0.15) is 19.4 Å². The first-order valence-electron chi connectivity index (χ1n) is 6.71. The van der Waals surface area contributed by atoms with Gasteiger partial charge in [0.25, 0.3) is 5.91 Å². The molecule has 1 heterocycles. The molecule has 0 radical (unpaired) electrons. The van der Waals surface area contributed by atoms with E-state index in [1.165, 1.54) is 7.05 Å². The van der Waals surface area contributed by atoms with E-state index in [0.717, 1.165) is 12.0 Å². The van der Waals surface area contributed by atoms with Gasteiger partial charge < -0.3 is 19.5 Å². The molecule has 0 spiro atoms. The highest BCUT2D eigenvalue weighted by molar-refractivity contribution is 5.80. The summed E-state index contributed by atoms with van der Waals surface area (Å²) in [6.07, 6.45) is 0.792. The normalized spacial score (nSPS) is 14.8. The van der Waals surface area contributed by atoms with E-state index in [2.05, 4.69) is 5.32 Å². The lowest BCUT2D eigenvalue weighted by atomic mass is 10.0. The predicted molar refractivity (Wildman–Crippen MR) is 75.4 cm³/mol. The van der Waals surface area contributed by atoms with Gasteiger partial charge in [0.05, 0.1) is 0 Å². The van der Waals surface area contributed by atoms with Crippen molar-refractivity contribution in [3.63, 3.8) is 0 Å². The van der Waals surface area contributed by atoms with Crippen molar-refractivity contribution in [2.75, 3.05) is 20.3 Å². The standard InChI is InChI=1S/C15H19NO5/c1-15(2)7-10-5-4-6-11(14(10)21-15)19-9-13(18)20-8-12(17)16-3/h4-6H,7-9H2,1-3H3,(H,16,17). The molecule has 0 bridgehead atoms. The van der Waals surface area contributed by atoms with E-state index in [1.807, 2.05) is 26.0 Å². The molecule has 0 aliphatic carbocycles. The minimum atomic E-state index is -0.603. The van der Waals surface area contributed by atoms with Gasteiger partial charge in [-0.05, 0) is 19.9 Å². The number of para-hydroxylation sites is 1. The van der Waals surface area contributed by atoms with E-state index < -0.39 is 5.97 Å². The molecule has 0 saturated heterocycles. The number of carbonyl (C=O) groups is 2. The van der Waals surface area contributed by atoms with Gasteiger partial charge in [-0.2, -0.15) is 0 Å². The molecule has 1 amide bonds. The van der Waals surface area contributed by atoms with Crippen LogP contribution in [-0.2, 0) is 20.7 Å². The van der Waals surface area contributed by atoms with Gasteiger partial charge >= 0.3 is 5.97 Å². The molecule has 0 atom stereocenters. The minimum Gasteiger partial charge on any atom is -0.483 e. The fraction of sp³-hybridized carbons (Fsp3) is 0.467. The second kappa shape index (κ2) is 6.03. The van der Waals surface area contributed by atoms with Gasteiger partial charge in [-0.3, -0.25) is 4.79 Å². The summed E-state index contributed by atoms with van der Waals surface area (Å²) in [6.45, 7) is 3.41. The summed E-state index contributed by atoms with van der Waals surface area (Å²) < 4.78 is 16.0. The second-order valence-corrected chi connectivity index (χ2v) is 5.41. The van der Waals surface area contributed by atoms with Crippen LogP contribution in [0.2, 0.25) is 0 Å². The van der Waals surface area contributed by atoms with Crippen LogP contribution in [0.4, 0.5) is 0 Å². The molecule has 114 valence electrons. The van der Waals surface area contributed by atoms with Gasteiger partial charge in [-0.1, -0.05) is 12.1 Å². The molecule has 0 aromatic heterocycles. The van der Waals surface area contributed by atoms with Crippen LogP contribution >= 0.6 is 0 Å². The van der Waals surface area contributed by atoms with Crippen LogP contribution in [0.25, 0.3) is 0 Å². The summed E-state index contributed by atoms with van der Waals surface area (Å²) in [5, 5.41) is 2.36. The molecule has 1 aromatic rings. The molecular formula is C15H19NO5. The van der Waals surface area contributed by atoms with Crippen LogP contribution in [0.3, 0.4) is 0 Å². The number of hydrogen-bond acceptors (Lipinski definition) is 5. The number of rotatable bonds is 5. The zero-order chi connectivity index (χ0) is 15.5. The van der Waals surface area contributed by atoms with Crippen molar-refractivity contribution < 1.29 is 23.8 Å². The number of nitrogens with one attached hydrogen (secondary N) is 1. The Kier molecular flexibility index (Phi) is 4.35. The van der Waals surface area contributed by atoms with Crippen molar-refractivity contribution in [1.29, 1.82) is 0 Å². The van der Waals surface area contributed by atoms with Crippen molar-refractivity contribution in [2.24, 2.45) is 0 Å². The monoisotopic (exact) mass is 293 g/mol. The lowest BCUT2D eigenvalue weighted by Gasteiger charge is -2.18. The molecule has 1 aliphatic heterocycles. The molecule has 0 unspecified atom stereocenters. The first-order chi connectivity index (χ1) is 9.91. The van der Waals surface area contributed by atoms with Crippen LogP contribution in [-0.4, -0.2) is 37.7 Å². The highest BCUT2D eigenvalue weighted by Gasteiger charge is 2.32. The number of carbonyl (C=O) groups excluding carboxylic acids is 2. The maximum absolute atomic E-state index is 11.5. The SMILES string of the molecule is CNC(=O)COC(=O)COc1cccc2c1OC(C)(C)C2. The van der Waals surface area contributed by atoms with Gasteiger partial charge in [0, 0.05) is 19.0 Å². The smallest absolute Gasteiger partial charge is 0.344 e. The van der Waals surface area contributed by atoms with Gasteiger partial charge in [0.15, 0.2) is 24.7 Å². The highest BCUT2D eigenvalue weighted by atomic mass is 16.6. The first kappa shape index (κ1) is 15.2. The van der Waals surface area contributed by atoms with Gasteiger partial charge in [0.2, 0.25) is 0 Å². The second-order valence-electron chi connectivity index (χ2n) is 5.41. The molecule has 1 N–H and O–H groups in total. The summed E-state index contributed by atoms with van der Waals surface area (Å²) in [5.74, 6) is 0.207. The van der Waals surface area contributed by atoms with Crippen molar-refractivity contribution >= 4 is 11.9 Å². The summed E-state index contributed by atoms with van der Waals surface area (Å²) in [4.78, 5) is 22.5. The summed E-state index contributed by atoms with van der Waals surface area (Å²) in [5.41, 5.74) is 0.776. The molecule has 6 heteroatoms. The van der Waals surface area contributed by atoms with E-state index in [-0.39, 0.29) is 24.7 Å². The number of likely N-dealkylation sites (N-methyl/N-ethyl adjacent to an activating group) is 1. The summed E-state index contributed by atoms with van der Waals surface area (Å²) in [7, 11) is 1.47. The predicted octanol–water partition coefficient (Wildman–Crippen LogP) is 1.07. The fourth-order valence-electron chi connectivity index (χ4n) is 2.10. The van der Waals surface area contributed by atoms with Crippen LogP contribution in [0.15, 0.2) is 18.2 Å². The Bertz CT molecular complexity index is 553. The van der Waals surface area contributed by atoms with Crippen molar-refractivity contribution in [3.8, 4) is 11.5 Å². The number of benzene rings is 1. The van der Waals surface area contributed by atoms with Crippen molar-refractivity contribution in [1.82, 2.24) is 5.32 Å². The fourth-order valence-corrected chi connectivity index (χ4v) is 2.10. The Morgan fingerprint density at radius 3 is 2.81 bits per heavy atom. The molecule has 0 saturated carbocycles. The Hall–Kier alpha value is -2.24.